The first-order valence-electron chi connectivity index (χ1n) is 14.8. The minimum Gasteiger partial charge on any atom is -0.490 e. The minimum absolute atomic E-state index is 0.0928. The number of fused-ring (bicyclic) bond motifs is 4. The second kappa shape index (κ2) is 15.2. The van der Waals surface area contributed by atoms with Crippen LogP contribution in [0, 0.1) is 17.8 Å². The molecule has 2 aliphatic heterocycles. The lowest BCUT2D eigenvalue weighted by Gasteiger charge is -2.36. The van der Waals surface area contributed by atoms with Gasteiger partial charge in [-0.3, -0.25) is 24.2 Å². The SMILES string of the molecule is CO[C@@H]1/C=C/COc2cccc(c2)[C@@H](C(C)C)NC(=O)[C@@H]2CCCN(N2)C(=O)[C@H](C)NC(=O)[C@H](C(C)C)NC(=O)[C@@H]1C. The smallest absolute Gasteiger partial charge is 0.258 e. The first-order valence-corrected chi connectivity index (χ1v) is 14.8. The van der Waals surface area contributed by atoms with Crippen molar-refractivity contribution in [1.82, 2.24) is 26.4 Å². The van der Waals surface area contributed by atoms with Gasteiger partial charge in [0.25, 0.3) is 5.91 Å². The van der Waals surface area contributed by atoms with Crippen molar-refractivity contribution >= 4 is 23.6 Å². The summed E-state index contributed by atoms with van der Waals surface area (Å²) >= 11 is 0. The molecular weight excluding hydrogens is 538 g/mol. The first kappa shape index (κ1) is 33.1. The Balaban J connectivity index is 1.92. The highest BCUT2D eigenvalue weighted by Crippen LogP contribution is 2.26. The average molecular weight is 586 g/mol. The molecule has 11 nitrogen and oxygen atoms in total. The van der Waals surface area contributed by atoms with Gasteiger partial charge in [0, 0.05) is 13.7 Å². The fourth-order valence-corrected chi connectivity index (χ4v) is 5.17. The molecule has 232 valence electrons. The lowest BCUT2D eigenvalue weighted by molar-refractivity contribution is -0.143. The van der Waals surface area contributed by atoms with E-state index in [-0.39, 0.29) is 42.2 Å². The Hall–Kier alpha value is -3.44. The molecule has 0 unspecified atom stereocenters. The summed E-state index contributed by atoms with van der Waals surface area (Å²) in [6.07, 6.45) is 4.21. The van der Waals surface area contributed by atoms with E-state index in [0.29, 0.717) is 25.1 Å². The van der Waals surface area contributed by atoms with Crippen LogP contribution in [0.2, 0.25) is 0 Å². The van der Waals surface area contributed by atoms with Crippen molar-refractivity contribution in [2.24, 2.45) is 17.8 Å². The number of nitrogens with one attached hydrogen (secondary N) is 4. The Kier molecular flexibility index (Phi) is 11.9. The summed E-state index contributed by atoms with van der Waals surface area (Å²) in [6, 6.07) is 4.99. The highest BCUT2D eigenvalue weighted by atomic mass is 16.5. The Morgan fingerprint density at radius 2 is 1.62 bits per heavy atom. The van der Waals surface area contributed by atoms with Crippen LogP contribution in [0.25, 0.3) is 0 Å². The van der Waals surface area contributed by atoms with E-state index in [1.165, 1.54) is 12.1 Å². The normalized spacial score (nSPS) is 29.5. The number of carbonyl (C=O) groups is 4. The summed E-state index contributed by atoms with van der Waals surface area (Å²) < 4.78 is 11.5. The van der Waals surface area contributed by atoms with Gasteiger partial charge in [-0.2, -0.15) is 0 Å². The predicted octanol–water partition coefficient (Wildman–Crippen LogP) is 2.24. The molecule has 0 aliphatic carbocycles. The quantitative estimate of drug-likeness (QED) is 0.399. The van der Waals surface area contributed by atoms with Crippen molar-refractivity contribution in [2.45, 2.75) is 84.7 Å². The maximum atomic E-state index is 13.4. The molecule has 0 spiro atoms. The van der Waals surface area contributed by atoms with Gasteiger partial charge in [-0.25, -0.2) is 5.43 Å². The summed E-state index contributed by atoms with van der Waals surface area (Å²) in [5.74, 6) is -1.46. The molecule has 1 saturated heterocycles. The molecule has 11 heteroatoms. The van der Waals surface area contributed by atoms with Gasteiger partial charge in [-0.1, -0.05) is 52.8 Å². The van der Waals surface area contributed by atoms with Crippen LogP contribution < -0.4 is 26.1 Å². The number of hydrogen-bond donors (Lipinski definition) is 4. The second-order valence-electron chi connectivity index (χ2n) is 11.8. The highest BCUT2D eigenvalue weighted by Gasteiger charge is 2.34. The third-order valence-corrected chi connectivity index (χ3v) is 7.78. The number of benzene rings is 1. The van der Waals surface area contributed by atoms with Crippen LogP contribution in [-0.4, -0.2) is 73.1 Å². The van der Waals surface area contributed by atoms with Gasteiger partial charge in [-0.05, 0) is 55.4 Å². The number of hydrazine groups is 1. The van der Waals surface area contributed by atoms with Gasteiger partial charge < -0.3 is 25.4 Å². The fraction of sp³-hybridized carbons (Fsp3) is 0.613. The molecule has 1 aromatic rings. The Morgan fingerprint density at radius 1 is 0.929 bits per heavy atom. The Bertz CT molecular complexity index is 1140. The molecule has 4 bridgehead atoms. The van der Waals surface area contributed by atoms with Gasteiger partial charge in [0.2, 0.25) is 17.7 Å². The van der Waals surface area contributed by atoms with Gasteiger partial charge in [0.05, 0.1) is 18.1 Å². The summed E-state index contributed by atoms with van der Waals surface area (Å²) in [4.78, 5) is 53.1. The fourth-order valence-electron chi connectivity index (χ4n) is 5.17. The Labute approximate surface area is 249 Å². The van der Waals surface area contributed by atoms with Crippen molar-refractivity contribution < 1.29 is 28.7 Å². The molecule has 42 heavy (non-hydrogen) atoms. The third kappa shape index (κ3) is 8.54. The van der Waals surface area contributed by atoms with Crippen LogP contribution in [0.1, 0.15) is 66.0 Å². The van der Waals surface area contributed by atoms with E-state index in [0.717, 1.165) is 5.56 Å². The molecule has 1 fully saturated rings. The van der Waals surface area contributed by atoms with Crippen LogP contribution in [0.5, 0.6) is 5.75 Å². The second-order valence-corrected chi connectivity index (χ2v) is 11.8. The van der Waals surface area contributed by atoms with E-state index in [1.807, 2.05) is 52.0 Å². The standard InChI is InChI=1S/C31H47N5O6/c1-18(2)26-22-11-8-12-23(17-22)42-16-10-14-25(41-7)20(5)28(37)34-27(19(3)4)30(39)32-21(6)31(40)36-15-9-13-24(35-36)29(38)33-26/h8,10-12,14,17-21,24-27,35H,9,13,15-16H2,1-7H3,(H,32,39)(H,33,38)(H,34,37)/b14-10+/t20-,21+,24+,25-,26-,27+/m1/s1. The molecule has 0 aromatic heterocycles. The molecule has 0 radical (unpaired) electrons. The molecular formula is C31H47N5O6. The van der Waals surface area contributed by atoms with E-state index < -0.39 is 36.1 Å². The highest BCUT2D eigenvalue weighted by molar-refractivity contribution is 5.92. The van der Waals surface area contributed by atoms with Gasteiger partial charge >= 0.3 is 0 Å². The van der Waals surface area contributed by atoms with Crippen LogP contribution >= 0.6 is 0 Å². The van der Waals surface area contributed by atoms with Crippen molar-refractivity contribution in [1.29, 1.82) is 0 Å². The number of nitrogens with zero attached hydrogens (tertiary/aromatic N) is 1. The van der Waals surface area contributed by atoms with Crippen molar-refractivity contribution in [3.63, 3.8) is 0 Å². The van der Waals surface area contributed by atoms with Crippen molar-refractivity contribution in [3.8, 4) is 5.75 Å². The predicted molar refractivity (Wildman–Crippen MR) is 159 cm³/mol. The molecule has 0 saturated carbocycles. The van der Waals surface area contributed by atoms with Crippen LogP contribution in [0.15, 0.2) is 36.4 Å². The summed E-state index contributed by atoms with van der Waals surface area (Å²) in [5.41, 5.74) is 3.97. The third-order valence-electron chi connectivity index (χ3n) is 7.78. The van der Waals surface area contributed by atoms with Crippen LogP contribution in [0.3, 0.4) is 0 Å². The molecule has 2 heterocycles. The maximum absolute atomic E-state index is 13.4. The number of carbonyl (C=O) groups excluding carboxylic acids is 4. The number of rotatable bonds is 3. The largest absolute Gasteiger partial charge is 0.490 e. The van der Waals surface area contributed by atoms with E-state index in [9.17, 15) is 19.2 Å². The lowest BCUT2D eigenvalue weighted by Crippen LogP contribution is -2.62. The van der Waals surface area contributed by atoms with Crippen molar-refractivity contribution in [2.75, 3.05) is 20.3 Å². The van der Waals surface area contributed by atoms with E-state index in [1.54, 1.807) is 26.0 Å². The zero-order valence-electron chi connectivity index (χ0n) is 25.8. The monoisotopic (exact) mass is 585 g/mol. The molecule has 1 aromatic carbocycles. The summed E-state index contributed by atoms with van der Waals surface area (Å²) in [7, 11) is 1.52. The molecule has 6 atom stereocenters. The lowest BCUT2D eigenvalue weighted by atomic mass is 9.95. The maximum Gasteiger partial charge on any atom is 0.258 e. The first-order chi connectivity index (χ1) is 19.9. The van der Waals surface area contributed by atoms with E-state index >= 15 is 0 Å². The van der Waals surface area contributed by atoms with Gasteiger partial charge in [0.15, 0.2) is 0 Å². The topological polar surface area (TPSA) is 138 Å². The zero-order chi connectivity index (χ0) is 31.0. The number of hydrogen-bond acceptors (Lipinski definition) is 7. The molecule has 3 rings (SSSR count). The van der Waals surface area contributed by atoms with E-state index in [4.69, 9.17) is 9.47 Å². The minimum atomic E-state index is -0.874. The molecule has 4 amide bonds. The summed E-state index contributed by atoms with van der Waals surface area (Å²) in [6.45, 7) is 11.7. The van der Waals surface area contributed by atoms with Crippen LogP contribution in [-0.2, 0) is 23.9 Å². The van der Waals surface area contributed by atoms with E-state index in [2.05, 4.69) is 21.4 Å². The molecule has 2 aliphatic rings. The zero-order valence-corrected chi connectivity index (χ0v) is 25.8. The summed E-state index contributed by atoms with van der Waals surface area (Å²) in [5, 5.41) is 10.1. The van der Waals surface area contributed by atoms with Gasteiger partial charge in [0.1, 0.15) is 30.5 Å². The van der Waals surface area contributed by atoms with Crippen LogP contribution in [0.4, 0.5) is 0 Å². The van der Waals surface area contributed by atoms with Gasteiger partial charge in [-0.15, -0.1) is 0 Å². The average Bonchev–Trinajstić information content (AvgIpc) is 2.97. The number of amides is 4. The number of methoxy groups -OCH3 is 1. The molecule has 4 N–H and O–H groups in total. The van der Waals surface area contributed by atoms with Crippen molar-refractivity contribution in [3.05, 3.63) is 42.0 Å². The Morgan fingerprint density at radius 3 is 2.29 bits per heavy atom. The number of ether oxygens (including phenoxy) is 2.